The van der Waals surface area contributed by atoms with Crippen molar-refractivity contribution in [3.8, 4) is 27.5 Å². The number of hydrogen-bond acceptors (Lipinski definition) is 6. The topological polar surface area (TPSA) is 89.8 Å². The molecule has 33 heavy (non-hydrogen) atoms. The maximum atomic E-state index is 11.7. The number of benzene rings is 1. The Hall–Kier alpha value is -3.65. The van der Waals surface area contributed by atoms with Crippen molar-refractivity contribution in [3.05, 3.63) is 64.6 Å². The normalized spacial score (nSPS) is 12.2. The monoisotopic (exact) mass is 457 g/mol. The number of thiazole rings is 1. The number of amides is 1. The zero-order chi connectivity index (χ0) is 23.1. The summed E-state index contributed by atoms with van der Waals surface area (Å²) in [6.07, 6.45) is 3.81. The predicted molar refractivity (Wildman–Crippen MR) is 129 cm³/mol. The van der Waals surface area contributed by atoms with Gasteiger partial charge in [-0.15, -0.1) is 11.3 Å². The van der Waals surface area contributed by atoms with Crippen LogP contribution in [-0.2, 0) is 28.9 Å². The van der Waals surface area contributed by atoms with E-state index in [4.69, 9.17) is 10.1 Å². The fourth-order valence-corrected chi connectivity index (χ4v) is 5.39. The number of rotatable bonds is 5. The highest BCUT2D eigenvalue weighted by Gasteiger charge is 2.30. The number of Topliss-reactive ketones (excluding diaryl/α,β-unsaturated/α-hetero) is 1. The summed E-state index contributed by atoms with van der Waals surface area (Å²) in [5, 5.41) is 8.71. The first-order valence-electron chi connectivity index (χ1n) is 10.8. The molecule has 0 bridgehead atoms. The summed E-state index contributed by atoms with van der Waals surface area (Å²) in [5.41, 5.74) is 7.53. The van der Waals surface area contributed by atoms with Gasteiger partial charge in [-0.25, -0.2) is 9.67 Å². The van der Waals surface area contributed by atoms with Gasteiger partial charge in [-0.05, 0) is 57.0 Å². The van der Waals surface area contributed by atoms with E-state index in [1.165, 1.54) is 6.92 Å². The molecule has 0 fully saturated rings. The minimum absolute atomic E-state index is 0.101. The van der Waals surface area contributed by atoms with Crippen molar-refractivity contribution in [1.29, 1.82) is 0 Å². The van der Waals surface area contributed by atoms with Crippen molar-refractivity contribution in [3.63, 3.8) is 0 Å². The molecule has 1 amide bonds. The zero-order valence-electron chi connectivity index (χ0n) is 18.7. The first-order valence-corrected chi connectivity index (χ1v) is 11.6. The number of hydrogen-bond donors (Lipinski definition) is 1. The van der Waals surface area contributed by atoms with Crippen LogP contribution in [0.15, 0.2) is 42.6 Å². The zero-order valence-corrected chi connectivity index (χ0v) is 19.5. The van der Waals surface area contributed by atoms with Gasteiger partial charge in [0.2, 0.25) is 5.91 Å². The van der Waals surface area contributed by atoms with Crippen molar-refractivity contribution in [1.82, 2.24) is 19.7 Å². The minimum Gasteiger partial charge on any atom is -0.326 e. The second kappa shape index (κ2) is 8.37. The number of carbonyl (C=O) groups excluding carboxylic acids is 2. The van der Waals surface area contributed by atoms with Crippen LogP contribution in [0.2, 0.25) is 0 Å². The van der Waals surface area contributed by atoms with E-state index in [0.29, 0.717) is 12.1 Å². The Kier molecular flexibility index (Phi) is 5.38. The van der Waals surface area contributed by atoms with Crippen LogP contribution in [0.1, 0.15) is 35.8 Å². The second-order valence-corrected chi connectivity index (χ2v) is 9.35. The van der Waals surface area contributed by atoms with Gasteiger partial charge in [-0.3, -0.25) is 14.6 Å². The molecule has 0 unspecified atom stereocenters. The average Bonchev–Trinajstić information content (AvgIpc) is 3.34. The van der Waals surface area contributed by atoms with Crippen LogP contribution in [0.3, 0.4) is 0 Å². The number of fused-ring (bicyclic) bond motifs is 3. The van der Waals surface area contributed by atoms with Gasteiger partial charge in [0, 0.05) is 35.6 Å². The standard InChI is InChI=1S/C25H23N5O2S/c1-14-7-8-17(13-26-14)23-20-9-10-21-25(33-22(28-21)11-15(2)31)24(20)30(29-23)19-6-4-5-18(12-19)27-16(3)32/h4-8,12-13H,9-11H2,1-3H3,(H,27,32). The van der Waals surface area contributed by atoms with Crippen molar-refractivity contribution in [2.75, 3.05) is 5.32 Å². The largest absolute Gasteiger partial charge is 0.326 e. The average molecular weight is 458 g/mol. The summed E-state index contributed by atoms with van der Waals surface area (Å²) in [5.74, 6) is -0.0241. The van der Waals surface area contributed by atoms with E-state index in [0.717, 1.165) is 62.3 Å². The maximum Gasteiger partial charge on any atom is 0.221 e. The molecule has 0 saturated heterocycles. The van der Waals surface area contributed by atoms with Gasteiger partial charge in [0.1, 0.15) is 10.8 Å². The van der Waals surface area contributed by atoms with Crippen LogP contribution < -0.4 is 5.32 Å². The third-order valence-electron chi connectivity index (χ3n) is 5.55. The Morgan fingerprint density at radius 2 is 2.00 bits per heavy atom. The number of ketones is 1. The third-order valence-corrected chi connectivity index (χ3v) is 6.65. The molecule has 3 heterocycles. The summed E-state index contributed by atoms with van der Waals surface area (Å²) >= 11 is 1.56. The van der Waals surface area contributed by atoms with E-state index in [9.17, 15) is 9.59 Å². The Morgan fingerprint density at radius 3 is 2.73 bits per heavy atom. The molecule has 1 N–H and O–H groups in total. The second-order valence-electron chi connectivity index (χ2n) is 8.27. The highest BCUT2D eigenvalue weighted by atomic mass is 32.1. The SMILES string of the molecule is CC(=O)Cc1nc2c(s1)-c1c(c(-c3ccc(C)nc3)nn1-c1cccc(NC(C)=O)c1)CC2. The number of aromatic nitrogens is 4. The fourth-order valence-electron chi connectivity index (χ4n) is 4.15. The molecule has 0 atom stereocenters. The molecule has 0 saturated carbocycles. The Balaban J connectivity index is 1.71. The lowest BCUT2D eigenvalue weighted by Crippen LogP contribution is -2.08. The van der Waals surface area contributed by atoms with Gasteiger partial charge in [0.25, 0.3) is 0 Å². The van der Waals surface area contributed by atoms with Crippen molar-refractivity contribution in [2.45, 2.75) is 40.0 Å². The molecule has 8 heteroatoms. The van der Waals surface area contributed by atoms with E-state index >= 15 is 0 Å². The Labute approximate surface area is 195 Å². The van der Waals surface area contributed by atoms with Crippen LogP contribution in [0.4, 0.5) is 5.69 Å². The molecule has 4 aromatic rings. The van der Waals surface area contributed by atoms with E-state index in [-0.39, 0.29) is 11.7 Å². The molecule has 1 aromatic carbocycles. The van der Waals surface area contributed by atoms with Crippen LogP contribution in [0.25, 0.3) is 27.5 Å². The highest BCUT2D eigenvalue weighted by molar-refractivity contribution is 7.15. The van der Waals surface area contributed by atoms with Gasteiger partial charge in [0.05, 0.1) is 34.1 Å². The third kappa shape index (κ3) is 4.09. The molecule has 166 valence electrons. The smallest absolute Gasteiger partial charge is 0.221 e. The van der Waals surface area contributed by atoms with Gasteiger partial charge >= 0.3 is 0 Å². The Morgan fingerprint density at radius 1 is 1.15 bits per heavy atom. The summed E-state index contributed by atoms with van der Waals surface area (Å²) < 4.78 is 1.93. The maximum absolute atomic E-state index is 11.7. The minimum atomic E-state index is -0.125. The summed E-state index contributed by atoms with van der Waals surface area (Å²) in [4.78, 5) is 33.6. The van der Waals surface area contributed by atoms with Gasteiger partial charge in [0.15, 0.2) is 0 Å². The van der Waals surface area contributed by atoms with Gasteiger partial charge in [-0.1, -0.05) is 6.07 Å². The fraction of sp³-hybridized carbons (Fsp3) is 0.240. The van der Waals surface area contributed by atoms with Crippen LogP contribution >= 0.6 is 11.3 Å². The highest BCUT2D eigenvalue weighted by Crippen LogP contribution is 2.43. The molecule has 3 aromatic heterocycles. The van der Waals surface area contributed by atoms with Crippen LogP contribution in [-0.4, -0.2) is 31.4 Å². The molecule has 5 rings (SSSR count). The molecule has 1 aliphatic rings. The number of pyridine rings is 1. The van der Waals surface area contributed by atoms with Gasteiger partial charge in [-0.2, -0.15) is 5.10 Å². The summed E-state index contributed by atoms with van der Waals surface area (Å²) in [6.45, 7) is 5.04. The number of aryl methyl sites for hydroxylation is 2. The quantitative estimate of drug-likeness (QED) is 0.475. The molecule has 0 radical (unpaired) electrons. The number of carbonyl (C=O) groups is 2. The van der Waals surface area contributed by atoms with E-state index < -0.39 is 0 Å². The van der Waals surface area contributed by atoms with Crippen molar-refractivity contribution in [2.24, 2.45) is 0 Å². The summed E-state index contributed by atoms with van der Waals surface area (Å²) in [6, 6.07) is 11.7. The number of anilines is 1. The lowest BCUT2D eigenvalue weighted by atomic mass is 9.95. The molecular weight excluding hydrogens is 434 g/mol. The van der Waals surface area contributed by atoms with E-state index in [1.807, 2.05) is 54.2 Å². The first kappa shape index (κ1) is 21.2. The molecule has 7 nitrogen and oxygen atoms in total. The molecule has 1 aliphatic carbocycles. The lowest BCUT2D eigenvalue weighted by Gasteiger charge is -2.15. The first-order chi connectivity index (χ1) is 15.9. The summed E-state index contributed by atoms with van der Waals surface area (Å²) in [7, 11) is 0. The molecule has 0 aliphatic heterocycles. The molecular formula is C25H23N5O2S. The van der Waals surface area contributed by atoms with Crippen molar-refractivity contribution >= 4 is 28.7 Å². The number of nitrogens with zero attached hydrogens (tertiary/aromatic N) is 4. The predicted octanol–water partition coefficient (Wildman–Crippen LogP) is 4.55. The van der Waals surface area contributed by atoms with E-state index in [2.05, 4.69) is 10.3 Å². The van der Waals surface area contributed by atoms with Crippen LogP contribution in [0.5, 0.6) is 0 Å². The lowest BCUT2D eigenvalue weighted by molar-refractivity contribution is -0.116. The van der Waals surface area contributed by atoms with Gasteiger partial charge < -0.3 is 5.32 Å². The van der Waals surface area contributed by atoms with Crippen molar-refractivity contribution < 1.29 is 9.59 Å². The van der Waals surface area contributed by atoms with E-state index in [1.54, 1.807) is 18.3 Å². The van der Waals surface area contributed by atoms with Crippen LogP contribution in [0, 0.1) is 6.92 Å². The molecule has 0 spiro atoms. The number of nitrogens with one attached hydrogen (secondary N) is 1. The Bertz CT molecular complexity index is 1380.